The van der Waals surface area contributed by atoms with Crippen LogP contribution < -0.4 is 4.74 Å². The number of unbranched alkanes of at least 4 members (excludes halogenated alkanes) is 2. The maximum absolute atomic E-state index is 14.8. The largest absolute Gasteiger partial charge is 0.432 e. The second-order valence-corrected chi connectivity index (χ2v) is 10.8. The Hall–Kier alpha value is -2.31. The highest BCUT2D eigenvalue weighted by Crippen LogP contribution is 2.40. The van der Waals surface area contributed by atoms with E-state index in [1.165, 1.54) is 0 Å². The number of methoxy groups -OCH3 is 1. The lowest BCUT2D eigenvalue weighted by Gasteiger charge is -2.35. The van der Waals surface area contributed by atoms with Gasteiger partial charge in [0.05, 0.1) is 19.8 Å². The number of hydrogen-bond donors (Lipinski definition) is 0. The van der Waals surface area contributed by atoms with Crippen molar-refractivity contribution in [2.75, 3.05) is 40.1 Å². The van der Waals surface area contributed by atoms with Gasteiger partial charge in [0.15, 0.2) is 6.29 Å². The van der Waals surface area contributed by atoms with Gasteiger partial charge >= 0.3 is 6.11 Å². The van der Waals surface area contributed by atoms with E-state index >= 15 is 0 Å². The normalized spacial score (nSPS) is 21.3. The lowest BCUT2D eigenvalue weighted by Crippen LogP contribution is -2.39. The first-order valence-corrected chi connectivity index (χ1v) is 14.2. The second-order valence-electron chi connectivity index (χ2n) is 10.4. The molecule has 1 atom stereocenters. The number of ether oxygens (including phenoxy) is 5. The molecule has 2 aromatic rings. The lowest BCUT2D eigenvalue weighted by molar-refractivity contribution is -0.230. The van der Waals surface area contributed by atoms with E-state index in [0.29, 0.717) is 63.4 Å². The molecule has 0 saturated carbocycles. The van der Waals surface area contributed by atoms with Gasteiger partial charge in [0.25, 0.3) is 0 Å². The molecule has 1 heterocycles. The topological polar surface area (TPSA) is 46.2 Å². The Balaban J connectivity index is 1.30. The zero-order valence-corrected chi connectivity index (χ0v) is 23.8. The Labute approximate surface area is 245 Å². The summed E-state index contributed by atoms with van der Waals surface area (Å²) in [4.78, 5) is 0. The second kappa shape index (κ2) is 14.9. The van der Waals surface area contributed by atoms with Gasteiger partial charge in [0.1, 0.15) is 39.6 Å². The van der Waals surface area contributed by atoms with E-state index in [2.05, 4.69) is 4.74 Å². The van der Waals surface area contributed by atoms with Gasteiger partial charge in [-0.3, -0.25) is 0 Å². The number of benzene rings is 2. The minimum Gasteiger partial charge on any atom is -0.429 e. The predicted octanol–water partition coefficient (Wildman–Crippen LogP) is 8.03. The van der Waals surface area contributed by atoms with Crippen LogP contribution in [0.25, 0.3) is 5.57 Å². The molecule has 1 saturated heterocycles. The number of alkyl halides is 2. The minimum absolute atomic E-state index is 0.0308. The maximum atomic E-state index is 14.8. The first-order valence-electron chi connectivity index (χ1n) is 13.8. The van der Waals surface area contributed by atoms with E-state index in [1.807, 2.05) is 0 Å². The predicted molar refractivity (Wildman–Crippen MR) is 143 cm³/mol. The summed E-state index contributed by atoms with van der Waals surface area (Å²) < 4.78 is 113. The summed E-state index contributed by atoms with van der Waals surface area (Å²) in [5.41, 5.74) is -0.976. The average molecular weight is 623 g/mol. The first kappa shape index (κ1) is 32.6. The molecule has 232 valence electrons. The molecule has 0 N–H and O–H groups in total. The fraction of sp³-hybridized carbons (Fsp3) is 0.533. The molecule has 4 rings (SSSR count). The fourth-order valence-corrected chi connectivity index (χ4v) is 5.10. The maximum Gasteiger partial charge on any atom is 0.432 e. The van der Waals surface area contributed by atoms with Gasteiger partial charge < -0.3 is 23.7 Å². The number of allylic oxidation sites excluding steroid dienone is 2. The molecule has 0 radical (unpaired) electrons. The van der Waals surface area contributed by atoms with E-state index in [-0.39, 0.29) is 17.4 Å². The van der Waals surface area contributed by atoms with Crippen LogP contribution in [0.5, 0.6) is 5.75 Å². The van der Waals surface area contributed by atoms with Crippen molar-refractivity contribution in [3.05, 3.63) is 69.8 Å². The summed E-state index contributed by atoms with van der Waals surface area (Å²) in [5, 5.41) is -0.925. The zero-order valence-electron chi connectivity index (χ0n) is 23.1. The summed E-state index contributed by atoms with van der Waals surface area (Å²) in [5.74, 6) is -6.66. The van der Waals surface area contributed by atoms with Crippen molar-refractivity contribution in [1.82, 2.24) is 0 Å². The average Bonchev–Trinajstić information content (AvgIpc) is 2.95. The highest BCUT2D eigenvalue weighted by Gasteiger charge is 2.42. The Bertz CT molecular complexity index is 1190. The van der Waals surface area contributed by atoms with Gasteiger partial charge in [-0.25, -0.2) is 17.6 Å². The molecule has 2 aromatic carbocycles. The van der Waals surface area contributed by atoms with Crippen LogP contribution in [0, 0.1) is 35.1 Å². The van der Waals surface area contributed by atoms with Crippen LogP contribution in [0.4, 0.5) is 26.3 Å². The minimum atomic E-state index is -4.56. The first-order chi connectivity index (χ1) is 20.1. The molecule has 42 heavy (non-hydrogen) atoms. The summed E-state index contributed by atoms with van der Waals surface area (Å²) in [6.45, 7) is 2.99. The van der Waals surface area contributed by atoms with Crippen LogP contribution in [0.2, 0.25) is 5.02 Å². The van der Waals surface area contributed by atoms with Crippen molar-refractivity contribution in [1.29, 1.82) is 0 Å². The van der Waals surface area contributed by atoms with Crippen molar-refractivity contribution in [2.45, 2.75) is 50.9 Å². The molecule has 12 heteroatoms. The van der Waals surface area contributed by atoms with Crippen molar-refractivity contribution in [2.24, 2.45) is 11.8 Å². The van der Waals surface area contributed by atoms with Crippen LogP contribution in [-0.4, -0.2) is 46.4 Å². The Morgan fingerprint density at radius 3 is 2.14 bits per heavy atom. The quantitative estimate of drug-likeness (QED) is 0.129. The van der Waals surface area contributed by atoms with Crippen LogP contribution in [-0.2, 0) is 25.1 Å². The van der Waals surface area contributed by atoms with Gasteiger partial charge in [-0.05, 0) is 61.8 Å². The fourth-order valence-electron chi connectivity index (χ4n) is 4.99. The molecule has 1 aliphatic heterocycles. The number of hydrogen-bond acceptors (Lipinski definition) is 5. The third-order valence-corrected chi connectivity index (χ3v) is 7.59. The lowest BCUT2D eigenvalue weighted by atomic mass is 9.85. The van der Waals surface area contributed by atoms with Crippen molar-refractivity contribution in [3.8, 4) is 5.75 Å². The van der Waals surface area contributed by atoms with Crippen LogP contribution in [0.1, 0.15) is 49.7 Å². The monoisotopic (exact) mass is 622 g/mol. The van der Waals surface area contributed by atoms with Gasteiger partial charge in [-0.2, -0.15) is 8.78 Å². The molecule has 1 aliphatic carbocycles. The summed E-state index contributed by atoms with van der Waals surface area (Å²) in [6.07, 6.45) is 1.39. The molecule has 0 spiro atoms. The van der Waals surface area contributed by atoms with Crippen molar-refractivity contribution >= 4 is 17.2 Å². The standard InChI is InChI=1S/C30H33ClF6O5/c1-38-9-3-2-4-10-39-15-18-16-40-29(41-17-18)20-7-5-19(6-8-20)21-11-23(32)27(24(33)12-21)30(36,37)42-22-13-25(34)28(31)26(35)14-22/h5,11-14,18,20,29H,2-4,6-10,15-17H2,1H3. The molecular weight excluding hydrogens is 590 g/mol. The van der Waals surface area contributed by atoms with Gasteiger partial charge in [-0.15, -0.1) is 0 Å². The van der Waals surface area contributed by atoms with Crippen molar-refractivity contribution < 1.29 is 50.0 Å². The zero-order chi connectivity index (χ0) is 30.3. The Kier molecular flexibility index (Phi) is 11.6. The molecular formula is C30H33ClF6O5. The van der Waals surface area contributed by atoms with E-state index in [0.717, 1.165) is 38.0 Å². The Morgan fingerprint density at radius 1 is 0.905 bits per heavy atom. The van der Waals surface area contributed by atoms with Gasteiger partial charge in [0, 0.05) is 44.3 Å². The van der Waals surface area contributed by atoms with E-state index < -0.39 is 52.0 Å². The van der Waals surface area contributed by atoms with Crippen LogP contribution >= 0.6 is 11.6 Å². The van der Waals surface area contributed by atoms with Gasteiger partial charge in [-0.1, -0.05) is 17.7 Å². The molecule has 2 aliphatic rings. The Morgan fingerprint density at radius 2 is 1.55 bits per heavy atom. The number of halogens is 7. The highest BCUT2D eigenvalue weighted by atomic mass is 35.5. The van der Waals surface area contributed by atoms with E-state index in [1.54, 1.807) is 13.2 Å². The summed E-state index contributed by atoms with van der Waals surface area (Å²) in [7, 11) is 1.68. The molecule has 1 unspecified atom stereocenters. The van der Waals surface area contributed by atoms with Gasteiger partial charge in [0.2, 0.25) is 0 Å². The SMILES string of the molecule is COCCCCCOCC1COC(C2CC=C(c3cc(F)c(C(F)(F)Oc4cc(F)c(Cl)c(F)c4)c(F)c3)CC2)OC1. The van der Waals surface area contributed by atoms with Crippen LogP contribution in [0.3, 0.4) is 0 Å². The van der Waals surface area contributed by atoms with E-state index in [9.17, 15) is 26.3 Å². The molecule has 1 fully saturated rings. The molecule has 0 aromatic heterocycles. The van der Waals surface area contributed by atoms with Crippen LogP contribution in [0.15, 0.2) is 30.3 Å². The highest BCUT2D eigenvalue weighted by molar-refractivity contribution is 6.30. The summed E-state index contributed by atoms with van der Waals surface area (Å²) in [6, 6.07) is 2.38. The molecule has 0 bridgehead atoms. The van der Waals surface area contributed by atoms with E-state index in [4.69, 9.17) is 30.5 Å². The third-order valence-electron chi connectivity index (χ3n) is 7.23. The smallest absolute Gasteiger partial charge is 0.429 e. The molecule has 5 nitrogen and oxygen atoms in total. The summed E-state index contributed by atoms with van der Waals surface area (Å²) >= 11 is 5.34. The number of rotatable bonds is 13. The molecule has 0 amide bonds. The third kappa shape index (κ3) is 8.41. The van der Waals surface area contributed by atoms with Crippen molar-refractivity contribution in [3.63, 3.8) is 0 Å².